The number of nitrogen functional groups attached to an aromatic ring is 1. The van der Waals surface area contributed by atoms with Gasteiger partial charge in [-0.1, -0.05) is 27.5 Å². The Kier molecular flexibility index (Phi) is 5.28. The highest BCUT2D eigenvalue weighted by molar-refractivity contribution is 9.10. The van der Waals surface area contributed by atoms with E-state index in [1.807, 2.05) is 12.1 Å². The molecule has 0 aliphatic rings. The van der Waals surface area contributed by atoms with Crippen molar-refractivity contribution in [2.45, 2.75) is 4.90 Å². The number of nitrogens with zero attached hydrogens (tertiary/aromatic N) is 1. The first kappa shape index (κ1) is 15.2. The SMILES string of the molecule is Nc1ccc(Br)cc1SCC(=O)Nc1cccnc1Cl. The Labute approximate surface area is 134 Å². The average molecular weight is 373 g/mol. The number of aromatic nitrogens is 1. The molecule has 0 unspecified atom stereocenters. The molecule has 1 aromatic heterocycles. The zero-order valence-electron chi connectivity index (χ0n) is 10.3. The van der Waals surface area contributed by atoms with Gasteiger partial charge in [-0.25, -0.2) is 4.98 Å². The van der Waals surface area contributed by atoms with Crippen LogP contribution in [0.2, 0.25) is 5.15 Å². The second kappa shape index (κ2) is 6.97. The number of carbonyl (C=O) groups excluding carboxylic acids is 1. The van der Waals surface area contributed by atoms with Crippen LogP contribution in [0.5, 0.6) is 0 Å². The Hall–Kier alpha value is -1.24. The molecule has 7 heteroatoms. The van der Waals surface area contributed by atoms with Crippen LogP contribution < -0.4 is 11.1 Å². The van der Waals surface area contributed by atoms with E-state index in [1.54, 1.807) is 24.4 Å². The number of anilines is 2. The topological polar surface area (TPSA) is 68.0 Å². The third-order valence-electron chi connectivity index (χ3n) is 2.37. The molecule has 1 aromatic carbocycles. The maximum absolute atomic E-state index is 11.9. The Balaban J connectivity index is 1.96. The van der Waals surface area contributed by atoms with Gasteiger partial charge in [0.25, 0.3) is 0 Å². The first-order valence-corrected chi connectivity index (χ1v) is 7.80. The number of rotatable bonds is 4. The molecular formula is C13H11BrClN3OS. The van der Waals surface area contributed by atoms with Crippen LogP contribution >= 0.6 is 39.3 Å². The van der Waals surface area contributed by atoms with Crippen LogP contribution in [-0.2, 0) is 4.79 Å². The van der Waals surface area contributed by atoms with Crippen LogP contribution in [0.25, 0.3) is 0 Å². The molecule has 0 atom stereocenters. The molecule has 1 heterocycles. The zero-order chi connectivity index (χ0) is 14.5. The van der Waals surface area contributed by atoms with Gasteiger partial charge in [0.15, 0.2) is 5.15 Å². The maximum atomic E-state index is 11.9. The predicted molar refractivity (Wildman–Crippen MR) is 87.2 cm³/mol. The van der Waals surface area contributed by atoms with Crippen molar-refractivity contribution in [3.05, 3.63) is 46.2 Å². The van der Waals surface area contributed by atoms with Crippen molar-refractivity contribution in [1.82, 2.24) is 4.98 Å². The third kappa shape index (κ3) is 4.13. The molecule has 20 heavy (non-hydrogen) atoms. The number of hydrogen-bond acceptors (Lipinski definition) is 4. The zero-order valence-corrected chi connectivity index (χ0v) is 13.4. The number of nitrogens with one attached hydrogen (secondary N) is 1. The van der Waals surface area contributed by atoms with Gasteiger partial charge in [0.05, 0.1) is 11.4 Å². The van der Waals surface area contributed by atoms with Crippen LogP contribution in [-0.4, -0.2) is 16.6 Å². The lowest BCUT2D eigenvalue weighted by atomic mass is 10.3. The molecule has 1 amide bonds. The molecule has 4 nitrogen and oxygen atoms in total. The van der Waals surface area contributed by atoms with Crippen molar-refractivity contribution >= 4 is 56.6 Å². The summed E-state index contributed by atoms with van der Waals surface area (Å²) in [6.07, 6.45) is 1.56. The van der Waals surface area contributed by atoms with Crippen LogP contribution in [0, 0.1) is 0 Å². The van der Waals surface area contributed by atoms with E-state index in [0.29, 0.717) is 11.4 Å². The summed E-state index contributed by atoms with van der Waals surface area (Å²) in [5.41, 5.74) is 6.99. The van der Waals surface area contributed by atoms with Crippen LogP contribution in [0.15, 0.2) is 45.9 Å². The molecule has 0 aliphatic carbocycles. The van der Waals surface area contributed by atoms with E-state index in [2.05, 4.69) is 26.2 Å². The van der Waals surface area contributed by atoms with Crippen molar-refractivity contribution < 1.29 is 4.79 Å². The lowest BCUT2D eigenvalue weighted by molar-refractivity contribution is -0.113. The highest BCUT2D eigenvalue weighted by Gasteiger charge is 2.08. The minimum atomic E-state index is -0.163. The Morgan fingerprint density at radius 1 is 1.45 bits per heavy atom. The largest absolute Gasteiger partial charge is 0.398 e. The van der Waals surface area contributed by atoms with Crippen molar-refractivity contribution in [2.24, 2.45) is 0 Å². The summed E-state index contributed by atoms with van der Waals surface area (Å²) in [5.74, 6) is 0.0792. The number of amides is 1. The van der Waals surface area contributed by atoms with Crippen molar-refractivity contribution in [3.8, 4) is 0 Å². The molecule has 0 radical (unpaired) electrons. The van der Waals surface area contributed by atoms with Gasteiger partial charge in [-0.2, -0.15) is 0 Å². The molecule has 0 fully saturated rings. The Morgan fingerprint density at radius 2 is 2.25 bits per heavy atom. The van der Waals surface area contributed by atoms with E-state index in [-0.39, 0.29) is 16.8 Å². The lowest BCUT2D eigenvalue weighted by Crippen LogP contribution is -2.14. The molecule has 0 spiro atoms. The quantitative estimate of drug-likeness (QED) is 0.486. The second-order valence-electron chi connectivity index (χ2n) is 3.86. The summed E-state index contributed by atoms with van der Waals surface area (Å²) in [7, 11) is 0. The minimum Gasteiger partial charge on any atom is -0.398 e. The van der Waals surface area contributed by atoms with Crippen LogP contribution in [0.3, 0.4) is 0 Å². The minimum absolute atomic E-state index is 0.163. The third-order valence-corrected chi connectivity index (χ3v) is 4.23. The summed E-state index contributed by atoms with van der Waals surface area (Å²) in [6, 6.07) is 8.94. The molecule has 0 saturated carbocycles. The van der Waals surface area contributed by atoms with E-state index in [9.17, 15) is 4.79 Å². The molecule has 104 valence electrons. The summed E-state index contributed by atoms with van der Waals surface area (Å²) in [5, 5.41) is 2.98. The van der Waals surface area contributed by atoms with Crippen molar-refractivity contribution in [1.29, 1.82) is 0 Å². The van der Waals surface area contributed by atoms with E-state index in [0.717, 1.165) is 9.37 Å². The van der Waals surface area contributed by atoms with Gasteiger partial charge < -0.3 is 11.1 Å². The van der Waals surface area contributed by atoms with E-state index >= 15 is 0 Å². The van der Waals surface area contributed by atoms with Crippen molar-refractivity contribution in [3.63, 3.8) is 0 Å². The molecule has 2 rings (SSSR count). The summed E-state index contributed by atoms with van der Waals surface area (Å²) in [6.45, 7) is 0. The standard InChI is InChI=1S/C13H11BrClN3OS/c14-8-3-4-9(16)11(6-8)20-7-12(19)18-10-2-1-5-17-13(10)15/h1-6H,7,16H2,(H,18,19). The van der Waals surface area contributed by atoms with Crippen LogP contribution in [0.4, 0.5) is 11.4 Å². The highest BCUT2D eigenvalue weighted by Crippen LogP contribution is 2.28. The van der Waals surface area contributed by atoms with Gasteiger partial charge in [-0.3, -0.25) is 4.79 Å². The maximum Gasteiger partial charge on any atom is 0.234 e. The fourth-order valence-electron chi connectivity index (χ4n) is 1.44. The number of benzene rings is 1. The molecule has 2 aromatic rings. The van der Waals surface area contributed by atoms with E-state index < -0.39 is 0 Å². The van der Waals surface area contributed by atoms with Gasteiger partial charge in [0.2, 0.25) is 5.91 Å². The number of hydrogen-bond donors (Lipinski definition) is 2. The Morgan fingerprint density at radius 3 is 3.00 bits per heavy atom. The number of halogens is 2. The molecule has 0 saturated heterocycles. The molecule has 3 N–H and O–H groups in total. The molecule has 0 bridgehead atoms. The summed E-state index contributed by atoms with van der Waals surface area (Å²) < 4.78 is 0.921. The monoisotopic (exact) mass is 371 g/mol. The average Bonchev–Trinajstić information content (AvgIpc) is 2.42. The lowest BCUT2D eigenvalue weighted by Gasteiger charge is -2.08. The fraction of sp³-hybridized carbons (Fsp3) is 0.0769. The van der Waals surface area contributed by atoms with Gasteiger partial charge in [-0.05, 0) is 30.3 Å². The van der Waals surface area contributed by atoms with Gasteiger partial charge in [0.1, 0.15) is 0 Å². The van der Waals surface area contributed by atoms with Crippen LogP contribution in [0.1, 0.15) is 0 Å². The molecule has 0 aliphatic heterocycles. The number of thioether (sulfide) groups is 1. The first-order valence-electron chi connectivity index (χ1n) is 5.64. The summed E-state index contributed by atoms with van der Waals surface area (Å²) in [4.78, 5) is 16.6. The number of pyridine rings is 1. The predicted octanol–water partition coefficient (Wildman–Crippen LogP) is 3.81. The summed E-state index contributed by atoms with van der Waals surface area (Å²) >= 11 is 10.6. The Bertz CT molecular complexity index is 639. The molecular weight excluding hydrogens is 362 g/mol. The smallest absolute Gasteiger partial charge is 0.234 e. The highest BCUT2D eigenvalue weighted by atomic mass is 79.9. The second-order valence-corrected chi connectivity index (χ2v) is 6.15. The van der Waals surface area contributed by atoms with Crippen molar-refractivity contribution in [2.75, 3.05) is 16.8 Å². The number of carbonyl (C=O) groups is 1. The van der Waals surface area contributed by atoms with E-state index in [4.69, 9.17) is 17.3 Å². The first-order chi connectivity index (χ1) is 9.56. The fourth-order valence-corrected chi connectivity index (χ4v) is 2.93. The normalized spacial score (nSPS) is 10.3. The van der Waals surface area contributed by atoms with Gasteiger partial charge >= 0.3 is 0 Å². The van der Waals surface area contributed by atoms with Gasteiger partial charge in [-0.15, -0.1) is 11.8 Å². The number of nitrogens with two attached hydrogens (primary N) is 1. The van der Waals surface area contributed by atoms with E-state index in [1.165, 1.54) is 11.8 Å². The van der Waals surface area contributed by atoms with Gasteiger partial charge in [0, 0.05) is 21.3 Å².